The van der Waals surface area contributed by atoms with E-state index in [-0.39, 0.29) is 11.9 Å². The van der Waals surface area contributed by atoms with Crippen LogP contribution in [0, 0.1) is 0 Å². The van der Waals surface area contributed by atoms with E-state index < -0.39 is 6.10 Å². The first-order valence-electron chi connectivity index (χ1n) is 9.82. The van der Waals surface area contributed by atoms with Gasteiger partial charge < -0.3 is 19.5 Å². The molecule has 2 aromatic carbocycles. The van der Waals surface area contributed by atoms with Crippen LogP contribution in [0.4, 0.5) is 0 Å². The average molecular weight is 383 g/mol. The molecule has 0 radical (unpaired) electrons. The highest BCUT2D eigenvalue weighted by Gasteiger charge is 2.21. The fourth-order valence-electron chi connectivity index (χ4n) is 3.63. The van der Waals surface area contributed by atoms with Crippen molar-refractivity contribution in [3.8, 4) is 17.2 Å². The molecule has 0 fully saturated rings. The highest BCUT2D eigenvalue weighted by Crippen LogP contribution is 2.29. The third-order valence-electron chi connectivity index (χ3n) is 5.26. The van der Waals surface area contributed by atoms with E-state index in [9.17, 15) is 4.79 Å². The number of benzene rings is 2. The van der Waals surface area contributed by atoms with Crippen LogP contribution in [-0.4, -0.2) is 26.2 Å². The Morgan fingerprint density at radius 3 is 2.36 bits per heavy atom. The van der Waals surface area contributed by atoms with Gasteiger partial charge >= 0.3 is 0 Å². The van der Waals surface area contributed by atoms with E-state index in [0.29, 0.717) is 5.75 Å². The number of hydrogen-bond donors (Lipinski definition) is 1. The van der Waals surface area contributed by atoms with E-state index in [0.717, 1.165) is 29.9 Å². The number of ether oxygens (including phenoxy) is 3. The van der Waals surface area contributed by atoms with Crippen LogP contribution >= 0.6 is 0 Å². The summed E-state index contributed by atoms with van der Waals surface area (Å²) in [6, 6.07) is 11.5. The summed E-state index contributed by atoms with van der Waals surface area (Å²) in [4.78, 5) is 12.7. The van der Waals surface area contributed by atoms with E-state index in [1.54, 1.807) is 21.1 Å². The Hall–Kier alpha value is -2.69. The molecule has 0 aromatic heterocycles. The molecule has 5 heteroatoms. The third kappa shape index (κ3) is 4.58. The number of amides is 1. The second-order valence-electron chi connectivity index (χ2n) is 7.24. The molecule has 0 heterocycles. The zero-order valence-corrected chi connectivity index (χ0v) is 17.1. The molecule has 1 amide bonds. The number of methoxy groups -OCH3 is 2. The fraction of sp³-hybridized carbons (Fsp3) is 0.435. The Balaban J connectivity index is 1.65. The number of hydrogen-bond acceptors (Lipinski definition) is 4. The average Bonchev–Trinajstić information content (AvgIpc) is 2.72. The molecule has 1 N–H and O–H groups in total. The largest absolute Gasteiger partial charge is 0.497 e. The number of aryl methyl sites for hydroxylation is 2. The van der Waals surface area contributed by atoms with Gasteiger partial charge in [0.1, 0.15) is 17.2 Å². The topological polar surface area (TPSA) is 56.8 Å². The first kappa shape index (κ1) is 20.1. The van der Waals surface area contributed by atoms with Gasteiger partial charge in [0.2, 0.25) is 0 Å². The Kier molecular flexibility index (Phi) is 6.45. The molecular formula is C23H29NO4. The van der Waals surface area contributed by atoms with E-state index >= 15 is 0 Å². The number of rotatable bonds is 7. The van der Waals surface area contributed by atoms with Crippen molar-refractivity contribution in [2.24, 2.45) is 0 Å². The fourth-order valence-corrected chi connectivity index (χ4v) is 3.63. The van der Waals surface area contributed by atoms with E-state index in [4.69, 9.17) is 14.2 Å². The zero-order chi connectivity index (χ0) is 20.1. The Morgan fingerprint density at radius 1 is 0.929 bits per heavy atom. The minimum Gasteiger partial charge on any atom is -0.497 e. The SMILES string of the molecule is COc1ccc(OC)c([C@H](C)NC(=O)[C@H](C)Oc2ccc3c(c2)CCCC3)c1. The molecule has 1 aliphatic rings. The lowest BCUT2D eigenvalue weighted by molar-refractivity contribution is -0.127. The van der Waals surface area contributed by atoms with Crippen LogP contribution in [0.2, 0.25) is 0 Å². The molecule has 2 atom stereocenters. The van der Waals surface area contributed by atoms with E-state index in [1.165, 1.54) is 24.0 Å². The minimum atomic E-state index is -0.597. The van der Waals surface area contributed by atoms with Gasteiger partial charge in [-0.05, 0) is 81.0 Å². The van der Waals surface area contributed by atoms with Gasteiger partial charge in [0, 0.05) is 5.56 Å². The monoisotopic (exact) mass is 383 g/mol. The smallest absolute Gasteiger partial charge is 0.261 e. The summed E-state index contributed by atoms with van der Waals surface area (Å²) in [6.07, 6.45) is 4.08. The molecular weight excluding hydrogens is 354 g/mol. The van der Waals surface area contributed by atoms with E-state index in [1.807, 2.05) is 31.2 Å². The molecule has 0 unspecified atom stereocenters. The molecule has 3 rings (SSSR count). The van der Waals surface area contributed by atoms with Gasteiger partial charge in [0.05, 0.1) is 20.3 Å². The standard InChI is InChI=1S/C23H29NO4/c1-15(21-14-19(26-3)11-12-22(21)27-4)24-23(25)16(2)28-20-10-9-17-7-5-6-8-18(17)13-20/h9-16H,5-8H2,1-4H3,(H,24,25)/t15-,16-/m0/s1. The van der Waals surface area contributed by atoms with Crippen LogP contribution in [0.3, 0.4) is 0 Å². The van der Waals surface area contributed by atoms with Crippen molar-refractivity contribution in [2.75, 3.05) is 14.2 Å². The summed E-state index contributed by atoms with van der Waals surface area (Å²) in [5.41, 5.74) is 3.59. The van der Waals surface area contributed by atoms with Gasteiger partial charge in [-0.25, -0.2) is 0 Å². The summed E-state index contributed by atoms with van der Waals surface area (Å²) < 4.78 is 16.6. The second kappa shape index (κ2) is 9.00. The molecule has 150 valence electrons. The summed E-state index contributed by atoms with van der Waals surface area (Å²) in [6.45, 7) is 3.69. The molecule has 28 heavy (non-hydrogen) atoms. The number of carbonyl (C=O) groups is 1. The highest BCUT2D eigenvalue weighted by atomic mass is 16.5. The maximum absolute atomic E-state index is 12.7. The van der Waals surface area contributed by atoms with Gasteiger partial charge in [-0.1, -0.05) is 6.07 Å². The zero-order valence-electron chi connectivity index (χ0n) is 17.1. The van der Waals surface area contributed by atoms with Crippen LogP contribution < -0.4 is 19.5 Å². The number of carbonyl (C=O) groups excluding carboxylic acids is 1. The van der Waals surface area contributed by atoms with Gasteiger partial charge in [-0.2, -0.15) is 0 Å². The number of nitrogens with one attached hydrogen (secondary N) is 1. The maximum atomic E-state index is 12.7. The summed E-state index contributed by atoms with van der Waals surface area (Å²) in [7, 11) is 3.23. The van der Waals surface area contributed by atoms with Crippen molar-refractivity contribution in [3.05, 3.63) is 53.1 Å². The maximum Gasteiger partial charge on any atom is 0.261 e. The predicted molar refractivity (Wildman–Crippen MR) is 109 cm³/mol. The minimum absolute atomic E-state index is 0.171. The number of fused-ring (bicyclic) bond motifs is 1. The highest BCUT2D eigenvalue weighted by molar-refractivity contribution is 5.81. The van der Waals surface area contributed by atoms with Gasteiger partial charge in [-0.15, -0.1) is 0 Å². The van der Waals surface area contributed by atoms with Gasteiger partial charge in [0.25, 0.3) is 5.91 Å². The van der Waals surface area contributed by atoms with Crippen LogP contribution in [-0.2, 0) is 17.6 Å². The van der Waals surface area contributed by atoms with Crippen LogP contribution in [0.1, 0.15) is 49.4 Å². The van der Waals surface area contributed by atoms with Crippen LogP contribution in [0.15, 0.2) is 36.4 Å². The molecule has 2 aromatic rings. The molecule has 5 nitrogen and oxygen atoms in total. The van der Waals surface area contributed by atoms with Crippen molar-refractivity contribution in [3.63, 3.8) is 0 Å². The Bertz CT molecular complexity index is 833. The van der Waals surface area contributed by atoms with Crippen molar-refractivity contribution in [1.82, 2.24) is 5.32 Å². The summed E-state index contributed by atoms with van der Waals surface area (Å²) >= 11 is 0. The summed E-state index contributed by atoms with van der Waals surface area (Å²) in [5.74, 6) is 2.00. The molecule has 1 aliphatic carbocycles. The predicted octanol–water partition coefficient (Wildman–Crippen LogP) is 4.23. The van der Waals surface area contributed by atoms with E-state index in [2.05, 4.69) is 17.4 Å². The first-order valence-corrected chi connectivity index (χ1v) is 9.82. The molecule has 0 saturated heterocycles. The van der Waals surface area contributed by atoms with Crippen molar-refractivity contribution >= 4 is 5.91 Å². The Labute approximate surface area is 167 Å². The summed E-state index contributed by atoms with van der Waals surface area (Å²) in [5, 5.41) is 3.01. The lowest BCUT2D eigenvalue weighted by atomic mass is 9.92. The molecule has 0 spiro atoms. The third-order valence-corrected chi connectivity index (χ3v) is 5.26. The van der Waals surface area contributed by atoms with Crippen molar-refractivity contribution in [1.29, 1.82) is 0 Å². The van der Waals surface area contributed by atoms with Gasteiger partial charge in [0.15, 0.2) is 6.10 Å². The van der Waals surface area contributed by atoms with Crippen molar-refractivity contribution < 1.29 is 19.0 Å². The second-order valence-corrected chi connectivity index (χ2v) is 7.24. The molecule has 0 saturated carbocycles. The first-order chi connectivity index (χ1) is 13.5. The van der Waals surface area contributed by atoms with Crippen LogP contribution in [0.25, 0.3) is 0 Å². The normalized spacial score (nSPS) is 15.1. The van der Waals surface area contributed by atoms with Crippen LogP contribution in [0.5, 0.6) is 17.2 Å². The van der Waals surface area contributed by atoms with Crippen molar-refractivity contribution in [2.45, 2.75) is 51.7 Å². The lowest BCUT2D eigenvalue weighted by Gasteiger charge is -2.22. The molecule has 0 aliphatic heterocycles. The quantitative estimate of drug-likeness (QED) is 0.777. The Morgan fingerprint density at radius 2 is 1.64 bits per heavy atom. The van der Waals surface area contributed by atoms with Gasteiger partial charge in [-0.3, -0.25) is 4.79 Å². The molecule has 0 bridgehead atoms. The lowest BCUT2D eigenvalue weighted by Crippen LogP contribution is -2.37.